The lowest BCUT2D eigenvalue weighted by Gasteiger charge is -2.05. The largest absolute Gasteiger partial charge is 0.364 e. The smallest absolute Gasteiger partial charge is 0.138 e. The number of nitrogens with one attached hydrogen (secondary N) is 1. The highest BCUT2D eigenvalue weighted by molar-refractivity contribution is 7.18. The topological polar surface area (TPSA) is 68.5 Å². The Hall–Kier alpha value is -2.02. The summed E-state index contributed by atoms with van der Waals surface area (Å²) in [5.74, 6) is 0.868. The van der Waals surface area contributed by atoms with E-state index in [-0.39, 0.29) is 0 Å². The molecule has 0 fully saturated rings. The second kappa shape index (κ2) is 5.40. The van der Waals surface area contributed by atoms with Crippen LogP contribution in [0, 0.1) is 20.8 Å². The number of nitrogens with zero attached hydrogens (tertiary/aromatic N) is 5. The monoisotopic (exact) mass is 302 g/mol. The predicted molar refractivity (Wildman–Crippen MR) is 84.6 cm³/mol. The van der Waals surface area contributed by atoms with E-state index in [9.17, 15) is 0 Å². The zero-order valence-electron chi connectivity index (χ0n) is 12.6. The zero-order chi connectivity index (χ0) is 15.0. The lowest BCUT2D eigenvalue weighted by molar-refractivity contribution is 0.562. The maximum atomic E-state index is 4.45. The van der Waals surface area contributed by atoms with Gasteiger partial charge in [0.25, 0.3) is 0 Å². The first kappa shape index (κ1) is 13.9. The summed E-state index contributed by atoms with van der Waals surface area (Å²) in [6, 6.07) is 0. The van der Waals surface area contributed by atoms with Gasteiger partial charge in [-0.3, -0.25) is 0 Å². The normalized spacial score (nSPS) is 11.2. The second-order valence-corrected chi connectivity index (χ2v) is 6.16. The summed E-state index contributed by atoms with van der Waals surface area (Å²) in [6.45, 7) is 9.63. The Morgan fingerprint density at radius 1 is 1.19 bits per heavy atom. The van der Waals surface area contributed by atoms with Crippen LogP contribution in [-0.4, -0.2) is 25.0 Å². The minimum atomic E-state index is 0.617. The number of fused-ring (bicyclic) bond motifs is 1. The molecule has 0 aliphatic rings. The molecule has 3 aromatic heterocycles. The molecule has 0 aliphatic carbocycles. The standard InChI is InChI=1S/C14H18N6S/c1-5-20-18-9(3)11(19-20)6-15-13-12-8(2)10(4)21-14(12)17-7-16-13/h7H,5-6H2,1-4H3,(H,15,16,17). The molecular formula is C14H18N6S. The van der Waals surface area contributed by atoms with Crippen LogP contribution in [0.25, 0.3) is 10.2 Å². The summed E-state index contributed by atoms with van der Waals surface area (Å²) in [4.78, 5) is 12.7. The third-order valence-corrected chi connectivity index (χ3v) is 4.71. The molecule has 0 amide bonds. The van der Waals surface area contributed by atoms with Crippen molar-refractivity contribution in [3.05, 3.63) is 28.2 Å². The number of aryl methyl sites for hydroxylation is 4. The van der Waals surface area contributed by atoms with Gasteiger partial charge in [-0.2, -0.15) is 15.0 Å². The summed E-state index contributed by atoms with van der Waals surface area (Å²) >= 11 is 1.70. The molecule has 0 aliphatic heterocycles. The minimum absolute atomic E-state index is 0.617. The quantitative estimate of drug-likeness (QED) is 0.802. The molecule has 0 bridgehead atoms. The Labute approximate surface area is 127 Å². The van der Waals surface area contributed by atoms with E-state index in [1.807, 2.05) is 13.8 Å². The Bertz CT molecular complexity index is 788. The average Bonchev–Trinajstić information content (AvgIpc) is 2.98. The van der Waals surface area contributed by atoms with Crippen LogP contribution in [-0.2, 0) is 13.1 Å². The van der Waals surface area contributed by atoms with E-state index in [0.29, 0.717) is 6.54 Å². The van der Waals surface area contributed by atoms with Crippen LogP contribution >= 0.6 is 11.3 Å². The molecule has 1 N–H and O–H groups in total. The van der Waals surface area contributed by atoms with Crippen LogP contribution in [0.3, 0.4) is 0 Å². The van der Waals surface area contributed by atoms with Gasteiger partial charge in [0.15, 0.2) is 0 Å². The highest BCUT2D eigenvalue weighted by Gasteiger charge is 2.13. The van der Waals surface area contributed by atoms with Gasteiger partial charge in [0.05, 0.1) is 24.2 Å². The first-order valence-corrected chi connectivity index (χ1v) is 7.77. The Kier molecular flexibility index (Phi) is 3.59. The fraction of sp³-hybridized carbons (Fsp3) is 0.429. The molecule has 0 aromatic carbocycles. The molecule has 3 rings (SSSR count). The van der Waals surface area contributed by atoms with Gasteiger partial charge < -0.3 is 5.32 Å². The van der Waals surface area contributed by atoms with Crippen molar-refractivity contribution >= 4 is 27.4 Å². The summed E-state index contributed by atoms with van der Waals surface area (Å²) in [6.07, 6.45) is 1.61. The molecule has 0 saturated carbocycles. The molecule has 0 radical (unpaired) electrons. The first-order valence-electron chi connectivity index (χ1n) is 6.95. The second-order valence-electron chi connectivity index (χ2n) is 4.96. The van der Waals surface area contributed by atoms with Gasteiger partial charge in [0, 0.05) is 4.88 Å². The number of hydrogen-bond donors (Lipinski definition) is 1. The van der Waals surface area contributed by atoms with Crippen molar-refractivity contribution in [3.63, 3.8) is 0 Å². The number of anilines is 1. The van der Waals surface area contributed by atoms with E-state index in [1.165, 1.54) is 10.4 Å². The maximum Gasteiger partial charge on any atom is 0.138 e. The number of rotatable bonds is 4. The molecule has 110 valence electrons. The highest BCUT2D eigenvalue weighted by atomic mass is 32.1. The molecule has 3 heterocycles. The van der Waals surface area contributed by atoms with E-state index in [1.54, 1.807) is 22.5 Å². The minimum Gasteiger partial charge on any atom is -0.364 e. The van der Waals surface area contributed by atoms with Gasteiger partial charge in [-0.05, 0) is 33.3 Å². The fourth-order valence-electron chi connectivity index (χ4n) is 2.25. The molecular weight excluding hydrogens is 284 g/mol. The Morgan fingerprint density at radius 2 is 2.00 bits per heavy atom. The Morgan fingerprint density at radius 3 is 2.71 bits per heavy atom. The zero-order valence-corrected chi connectivity index (χ0v) is 13.5. The van der Waals surface area contributed by atoms with E-state index in [2.05, 4.69) is 39.3 Å². The van der Waals surface area contributed by atoms with Crippen molar-refractivity contribution < 1.29 is 0 Å². The van der Waals surface area contributed by atoms with Gasteiger partial charge >= 0.3 is 0 Å². The molecule has 0 spiro atoms. The van der Waals surface area contributed by atoms with Crippen molar-refractivity contribution in [1.82, 2.24) is 25.0 Å². The molecule has 21 heavy (non-hydrogen) atoms. The summed E-state index contributed by atoms with van der Waals surface area (Å²) in [5, 5.41) is 13.3. The van der Waals surface area contributed by atoms with Crippen molar-refractivity contribution in [3.8, 4) is 0 Å². The van der Waals surface area contributed by atoms with Crippen molar-refractivity contribution in [1.29, 1.82) is 0 Å². The number of thiophene rings is 1. The molecule has 0 atom stereocenters. The fourth-order valence-corrected chi connectivity index (χ4v) is 3.25. The molecule has 7 heteroatoms. The highest BCUT2D eigenvalue weighted by Crippen LogP contribution is 2.32. The van der Waals surface area contributed by atoms with Crippen LogP contribution in [0.2, 0.25) is 0 Å². The first-order chi connectivity index (χ1) is 10.1. The van der Waals surface area contributed by atoms with E-state index in [4.69, 9.17) is 0 Å². The van der Waals surface area contributed by atoms with Gasteiger partial charge in [-0.1, -0.05) is 0 Å². The summed E-state index contributed by atoms with van der Waals surface area (Å²) < 4.78 is 0. The third kappa shape index (κ3) is 2.49. The number of aromatic nitrogens is 5. The summed E-state index contributed by atoms with van der Waals surface area (Å²) in [7, 11) is 0. The van der Waals surface area contributed by atoms with E-state index >= 15 is 0 Å². The molecule has 3 aromatic rings. The third-order valence-electron chi connectivity index (χ3n) is 3.59. The van der Waals surface area contributed by atoms with E-state index < -0.39 is 0 Å². The summed E-state index contributed by atoms with van der Waals surface area (Å²) in [5.41, 5.74) is 3.15. The van der Waals surface area contributed by atoms with Gasteiger partial charge in [-0.15, -0.1) is 11.3 Å². The van der Waals surface area contributed by atoms with Crippen molar-refractivity contribution in [2.45, 2.75) is 40.8 Å². The van der Waals surface area contributed by atoms with Crippen molar-refractivity contribution in [2.24, 2.45) is 0 Å². The predicted octanol–water partition coefficient (Wildman–Crippen LogP) is 2.84. The van der Waals surface area contributed by atoms with E-state index in [0.717, 1.165) is 34.0 Å². The molecule has 6 nitrogen and oxygen atoms in total. The van der Waals surface area contributed by atoms with Crippen LogP contribution in [0.4, 0.5) is 5.82 Å². The molecule has 0 saturated heterocycles. The van der Waals surface area contributed by atoms with Gasteiger partial charge in [-0.25, -0.2) is 9.97 Å². The van der Waals surface area contributed by atoms with Gasteiger partial charge in [0.2, 0.25) is 0 Å². The van der Waals surface area contributed by atoms with Crippen LogP contribution in [0.1, 0.15) is 28.8 Å². The van der Waals surface area contributed by atoms with Crippen LogP contribution in [0.5, 0.6) is 0 Å². The number of hydrogen-bond acceptors (Lipinski definition) is 6. The van der Waals surface area contributed by atoms with Gasteiger partial charge in [0.1, 0.15) is 22.7 Å². The average molecular weight is 302 g/mol. The maximum absolute atomic E-state index is 4.45. The molecule has 0 unspecified atom stereocenters. The lowest BCUT2D eigenvalue weighted by atomic mass is 10.2. The van der Waals surface area contributed by atoms with Crippen molar-refractivity contribution in [2.75, 3.05) is 5.32 Å². The van der Waals surface area contributed by atoms with Crippen LogP contribution in [0.15, 0.2) is 6.33 Å². The van der Waals surface area contributed by atoms with Crippen LogP contribution < -0.4 is 5.32 Å². The Balaban J connectivity index is 1.90. The lowest BCUT2D eigenvalue weighted by Crippen LogP contribution is -2.05. The SMILES string of the molecule is CCn1nc(C)c(CNc2ncnc3sc(C)c(C)c23)n1.